The first-order chi connectivity index (χ1) is 9.36. The Kier molecular flexibility index (Phi) is 5.29. The topological polar surface area (TPSA) is 56.0 Å². The maximum atomic E-state index is 11.6. The summed E-state index contributed by atoms with van der Waals surface area (Å²) in [5.41, 5.74) is 1.38. The minimum absolute atomic E-state index is 0.00643. The summed E-state index contributed by atoms with van der Waals surface area (Å²) < 4.78 is 4.72. The van der Waals surface area contributed by atoms with Crippen molar-refractivity contribution < 1.29 is 9.32 Å². The van der Waals surface area contributed by atoms with Gasteiger partial charge in [0.05, 0.1) is 0 Å². The molecule has 0 N–H and O–H groups in total. The van der Waals surface area contributed by atoms with E-state index in [4.69, 9.17) is 4.52 Å². The maximum Gasteiger partial charge on any atom is 0.222 e. The van der Waals surface area contributed by atoms with E-state index in [1.807, 2.05) is 6.07 Å². The van der Waals surface area contributed by atoms with E-state index >= 15 is 0 Å². The van der Waals surface area contributed by atoms with E-state index in [9.17, 15) is 4.79 Å². The molecular formula is C15H18N2O2. The molecule has 1 aromatic carbocycles. The van der Waals surface area contributed by atoms with Gasteiger partial charge in [0.25, 0.3) is 0 Å². The van der Waals surface area contributed by atoms with Crippen LogP contribution in [0.5, 0.6) is 0 Å². The van der Waals surface area contributed by atoms with Crippen molar-refractivity contribution >= 4 is 5.78 Å². The monoisotopic (exact) mass is 258 g/mol. The Balaban J connectivity index is 1.54. The Morgan fingerprint density at radius 2 is 1.84 bits per heavy atom. The predicted octanol–water partition coefficient (Wildman–Crippen LogP) is 3.45. The zero-order valence-electron chi connectivity index (χ0n) is 10.9. The largest absolute Gasteiger partial charge is 0.334 e. The lowest BCUT2D eigenvalue weighted by Crippen LogP contribution is -1.97. The highest BCUT2D eigenvalue weighted by Crippen LogP contribution is 2.10. The van der Waals surface area contributed by atoms with E-state index in [0.717, 1.165) is 25.7 Å². The minimum atomic E-state index is -0.00643. The van der Waals surface area contributed by atoms with Gasteiger partial charge in [-0.3, -0.25) is 4.79 Å². The summed E-state index contributed by atoms with van der Waals surface area (Å²) in [6, 6.07) is 10.5. The minimum Gasteiger partial charge on any atom is -0.334 e. The van der Waals surface area contributed by atoms with Crippen molar-refractivity contribution in [1.82, 2.24) is 10.4 Å². The maximum absolute atomic E-state index is 11.6. The molecule has 100 valence electrons. The summed E-state index contributed by atoms with van der Waals surface area (Å²) in [5, 5.41) is 6.79. The lowest BCUT2D eigenvalue weighted by molar-refractivity contribution is 0.0942. The molecule has 0 aliphatic heterocycles. The highest BCUT2D eigenvalue weighted by atomic mass is 16.5. The average Bonchev–Trinajstić information content (AvgIpc) is 2.98. The van der Waals surface area contributed by atoms with Crippen molar-refractivity contribution in [1.29, 1.82) is 0 Å². The molecule has 4 nitrogen and oxygen atoms in total. The molecule has 0 radical (unpaired) electrons. The number of rotatable bonds is 8. The SMILES string of the molecule is O=C(CCCCCCc1ccccc1)c1cnno1. The van der Waals surface area contributed by atoms with Gasteiger partial charge < -0.3 is 4.52 Å². The molecule has 0 aliphatic rings. The Bertz CT molecular complexity index is 480. The molecule has 0 amide bonds. The Morgan fingerprint density at radius 1 is 1.05 bits per heavy atom. The molecule has 2 aromatic rings. The van der Waals surface area contributed by atoms with Crippen LogP contribution in [0, 0.1) is 0 Å². The molecule has 1 heterocycles. The second-order valence-electron chi connectivity index (χ2n) is 4.60. The zero-order chi connectivity index (χ0) is 13.3. The summed E-state index contributed by atoms with van der Waals surface area (Å²) in [4.78, 5) is 11.6. The standard InChI is InChI=1S/C15H18N2O2/c18-14(15-12-16-17-19-15)11-7-2-1-4-8-13-9-5-3-6-10-13/h3,5-6,9-10,12H,1-2,4,7-8,11H2. The fraction of sp³-hybridized carbons (Fsp3) is 0.400. The number of hydrogen-bond acceptors (Lipinski definition) is 4. The molecule has 2 rings (SSSR count). The van der Waals surface area contributed by atoms with Gasteiger partial charge in [0.2, 0.25) is 11.5 Å². The third kappa shape index (κ3) is 4.66. The molecule has 0 atom stereocenters. The number of benzene rings is 1. The van der Waals surface area contributed by atoms with Gasteiger partial charge >= 0.3 is 0 Å². The van der Waals surface area contributed by atoms with Gasteiger partial charge in [-0.25, -0.2) is 0 Å². The van der Waals surface area contributed by atoms with Gasteiger partial charge in [-0.1, -0.05) is 43.2 Å². The van der Waals surface area contributed by atoms with Crippen molar-refractivity contribution in [2.45, 2.75) is 38.5 Å². The summed E-state index contributed by atoms with van der Waals surface area (Å²) in [6.45, 7) is 0. The molecule has 0 spiro atoms. The summed E-state index contributed by atoms with van der Waals surface area (Å²) >= 11 is 0. The molecule has 19 heavy (non-hydrogen) atoms. The summed E-state index contributed by atoms with van der Waals surface area (Å²) in [6.07, 6.45) is 7.29. The van der Waals surface area contributed by atoms with Crippen LogP contribution in [-0.2, 0) is 6.42 Å². The first-order valence-electron chi connectivity index (χ1n) is 6.71. The number of unbranched alkanes of at least 4 members (excludes halogenated alkanes) is 3. The first-order valence-corrected chi connectivity index (χ1v) is 6.71. The van der Waals surface area contributed by atoms with Gasteiger partial charge in [-0.2, -0.15) is 0 Å². The lowest BCUT2D eigenvalue weighted by Gasteiger charge is -2.01. The molecule has 0 fully saturated rings. The van der Waals surface area contributed by atoms with E-state index < -0.39 is 0 Å². The average molecular weight is 258 g/mol. The number of aryl methyl sites for hydroxylation is 1. The first kappa shape index (κ1) is 13.5. The smallest absolute Gasteiger partial charge is 0.222 e. The lowest BCUT2D eigenvalue weighted by atomic mass is 10.0. The molecule has 0 saturated heterocycles. The third-order valence-corrected chi connectivity index (χ3v) is 3.10. The molecule has 0 aliphatic carbocycles. The van der Waals surface area contributed by atoms with Crippen LogP contribution in [0.4, 0.5) is 0 Å². The fourth-order valence-corrected chi connectivity index (χ4v) is 2.03. The van der Waals surface area contributed by atoms with Crippen LogP contribution in [-0.4, -0.2) is 16.2 Å². The summed E-state index contributed by atoms with van der Waals surface area (Å²) in [7, 11) is 0. The zero-order valence-corrected chi connectivity index (χ0v) is 10.9. The highest BCUT2D eigenvalue weighted by molar-refractivity contribution is 5.92. The van der Waals surface area contributed by atoms with Crippen molar-refractivity contribution in [2.75, 3.05) is 0 Å². The van der Waals surface area contributed by atoms with Crippen molar-refractivity contribution in [2.24, 2.45) is 0 Å². The number of carbonyl (C=O) groups is 1. The van der Waals surface area contributed by atoms with Crippen LogP contribution in [0.2, 0.25) is 0 Å². The number of ketones is 1. The molecule has 4 heteroatoms. The molecule has 0 unspecified atom stereocenters. The van der Waals surface area contributed by atoms with Crippen molar-refractivity contribution in [3.8, 4) is 0 Å². The Morgan fingerprint density at radius 3 is 2.58 bits per heavy atom. The molecular weight excluding hydrogens is 240 g/mol. The second-order valence-corrected chi connectivity index (χ2v) is 4.60. The van der Waals surface area contributed by atoms with Crippen molar-refractivity contribution in [3.63, 3.8) is 0 Å². The predicted molar refractivity (Wildman–Crippen MR) is 71.9 cm³/mol. The fourth-order valence-electron chi connectivity index (χ4n) is 2.03. The van der Waals surface area contributed by atoms with E-state index in [1.165, 1.54) is 18.2 Å². The van der Waals surface area contributed by atoms with E-state index in [-0.39, 0.29) is 11.5 Å². The van der Waals surface area contributed by atoms with Gasteiger partial charge in [0.15, 0.2) is 0 Å². The van der Waals surface area contributed by atoms with Gasteiger partial charge in [0.1, 0.15) is 6.20 Å². The van der Waals surface area contributed by atoms with Gasteiger partial charge in [0, 0.05) is 11.7 Å². The molecule has 1 aromatic heterocycles. The van der Waals surface area contributed by atoms with E-state index in [2.05, 4.69) is 34.6 Å². The van der Waals surface area contributed by atoms with E-state index in [0.29, 0.717) is 6.42 Å². The summed E-state index contributed by atoms with van der Waals surface area (Å²) in [5.74, 6) is 0.261. The Labute approximate surface area is 112 Å². The second kappa shape index (κ2) is 7.46. The van der Waals surface area contributed by atoms with Crippen LogP contribution < -0.4 is 0 Å². The number of hydrogen-bond donors (Lipinski definition) is 0. The van der Waals surface area contributed by atoms with Gasteiger partial charge in [-0.05, 0) is 24.8 Å². The Hall–Kier alpha value is -1.97. The third-order valence-electron chi connectivity index (χ3n) is 3.10. The normalized spacial score (nSPS) is 10.5. The van der Waals surface area contributed by atoms with Crippen LogP contribution >= 0.6 is 0 Å². The quantitative estimate of drug-likeness (QED) is 0.537. The van der Waals surface area contributed by atoms with Crippen LogP contribution in [0.1, 0.15) is 48.2 Å². The number of carbonyl (C=O) groups excluding carboxylic acids is 1. The van der Waals surface area contributed by atoms with E-state index in [1.54, 1.807) is 0 Å². The molecule has 0 saturated carbocycles. The molecule has 0 bridgehead atoms. The highest BCUT2D eigenvalue weighted by Gasteiger charge is 2.09. The number of nitrogens with zero attached hydrogens (tertiary/aromatic N) is 2. The van der Waals surface area contributed by atoms with Crippen LogP contribution in [0.15, 0.2) is 41.1 Å². The van der Waals surface area contributed by atoms with Crippen molar-refractivity contribution in [3.05, 3.63) is 47.9 Å². The number of aromatic nitrogens is 2. The van der Waals surface area contributed by atoms with Gasteiger partial charge in [-0.15, -0.1) is 5.10 Å². The number of Topliss-reactive ketones (excluding diaryl/α,β-unsaturated/α-hetero) is 1. The van der Waals surface area contributed by atoms with Crippen LogP contribution in [0.25, 0.3) is 0 Å². The van der Waals surface area contributed by atoms with Crippen LogP contribution in [0.3, 0.4) is 0 Å².